The van der Waals surface area contributed by atoms with E-state index >= 15 is 0 Å². The number of piperidine rings is 1. The third-order valence-electron chi connectivity index (χ3n) is 5.83. The van der Waals surface area contributed by atoms with E-state index in [0.717, 1.165) is 18.7 Å². The second-order valence-corrected chi connectivity index (χ2v) is 8.35. The summed E-state index contributed by atoms with van der Waals surface area (Å²) in [6.45, 7) is 1.80. The fraction of sp³-hybridized carbons (Fsp3) is 0.455. The van der Waals surface area contributed by atoms with Crippen molar-refractivity contribution in [2.24, 2.45) is 5.41 Å². The van der Waals surface area contributed by atoms with E-state index in [0.29, 0.717) is 37.4 Å². The highest BCUT2D eigenvalue weighted by atomic mass is 16.6. The van der Waals surface area contributed by atoms with Crippen molar-refractivity contribution in [1.29, 1.82) is 0 Å². The minimum atomic E-state index is -0.447. The van der Waals surface area contributed by atoms with Crippen LogP contribution in [0.15, 0.2) is 42.7 Å². The molecule has 1 aromatic carbocycles. The number of carbonyl (C=O) groups is 2. The average Bonchev–Trinajstić information content (AvgIpc) is 3.03. The molecule has 4 rings (SSSR count). The van der Waals surface area contributed by atoms with Crippen LogP contribution in [-0.2, 0) is 9.53 Å². The Hall–Kier alpha value is -3.00. The van der Waals surface area contributed by atoms with Gasteiger partial charge in [-0.3, -0.25) is 9.59 Å². The van der Waals surface area contributed by atoms with E-state index in [1.165, 1.54) is 0 Å². The van der Waals surface area contributed by atoms with Gasteiger partial charge in [0, 0.05) is 44.1 Å². The summed E-state index contributed by atoms with van der Waals surface area (Å²) < 4.78 is 5.60. The first-order valence-electron chi connectivity index (χ1n) is 10.2. The number of benzene rings is 1. The molecule has 2 fully saturated rings. The summed E-state index contributed by atoms with van der Waals surface area (Å²) in [7, 11) is 3.95. The number of hydrogen-bond donors (Lipinski definition) is 1. The fourth-order valence-corrected chi connectivity index (χ4v) is 4.23. The van der Waals surface area contributed by atoms with Gasteiger partial charge in [-0.05, 0) is 39.1 Å². The van der Waals surface area contributed by atoms with Crippen molar-refractivity contribution in [2.75, 3.05) is 39.0 Å². The number of para-hydroxylation sites is 1. The topological polar surface area (TPSA) is 87.7 Å². The van der Waals surface area contributed by atoms with Crippen molar-refractivity contribution < 1.29 is 14.3 Å². The average molecular weight is 409 g/mol. The van der Waals surface area contributed by atoms with E-state index in [2.05, 4.69) is 15.3 Å². The number of esters is 1. The van der Waals surface area contributed by atoms with Crippen molar-refractivity contribution in [1.82, 2.24) is 19.8 Å². The summed E-state index contributed by atoms with van der Waals surface area (Å²) in [5, 5.41) is 3.10. The van der Waals surface area contributed by atoms with Crippen LogP contribution in [0.25, 0.3) is 0 Å². The molecule has 2 aliphatic rings. The first-order valence-corrected chi connectivity index (χ1v) is 10.2. The summed E-state index contributed by atoms with van der Waals surface area (Å²) in [5.74, 6) is 0.226. The Bertz CT molecular complexity index is 893. The number of anilines is 2. The predicted octanol–water partition coefficient (Wildman–Crippen LogP) is 2.32. The highest BCUT2D eigenvalue weighted by molar-refractivity contribution is 5.94. The number of cyclic esters (lactones) is 1. The fourth-order valence-electron chi connectivity index (χ4n) is 4.23. The summed E-state index contributed by atoms with van der Waals surface area (Å²) in [6.07, 6.45) is 5.03. The van der Waals surface area contributed by atoms with Crippen LogP contribution in [0.2, 0.25) is 0 Å². The number of aromatic nitrogens is 2. The lowest BCUT2D eigenvalue weighted by Crippen LogP contribution is -2.45. The smallest absolute Gasteiger partial charge is 0.312 e. The molecule has 2 saturated heterocycles. The maximum Gasteiger partial charge on any atom is 0.312 e. The number of nitrogens with one attached hydrogen (secondary N) is 1. The highest BCUT2D eigenvalue weighted by Crippen LogP contribution is 2.43. The summed E-state index contributed by atoms with van der Waals surface area (Å²) in [4.78, 5) is 37.7. The molecule has 2 aromatic rings. The Morgan fingerprint density at radius 3 is 2.50 bits per heavy atom. The van der Waals surface area contributed by atoms with Gasteiger partial charge in [0.1, 0.15) is 6.10 Å². The van der Waals surface area contributed by atoms with E-state index in [1.807, 2.05) is 49.3 Å². The highest BCUT2D eigenvalue weighted by Gasteiger charge is 2.50. The van der Waals surface area contributed by atoms with Gasteiger partial charge >= 0.3 is 5.97 Å². The van der Waals surface area contributed by atoms with E-state index in [4.69, 9.17) is 4.74 Å². The number of likely N-dealkylation sites (tertiary alicyclic amines) is 1. The zero-order chi connectivity index (χ0) is 21.1. The van der Waals surface area contributed by atoms with E-state index < -0.39 is 5.41 Å². The molecule has 1 amide bonds. The Kier molecular flexibility index (Phi) is 5.67. The second kappa shape index (κ2) is 8.39. The van der Waals surface area contributed by atoms with Crippen molar-refractivity contribution in [3.05, 3.63) is 48.3 Å². The molecule has 8 nitrogen and oxygen atoms in total. The van der Waals surface area contributed by atoms with Crippen LogP contribution in [-0.4, -0.2) is 71.5 Å². The Morgan fingerprint density at radius 1 is 1.20 bits per heavy atom. The van der Waals surface area contributed by atoms with Crippen LogP contribution in [0.4, 0.5) is 11.6 Å². The van der Waals surface area contributed by atoms with E-state index in [9.17, 15) is 9.59 Å². The lowest BCUT2D eigenvalue weighted by Gasteiger charge is -2.36. The van der Waals surface area contributed by atoms with Crippen LogP contribution in [0, 0.1) is 5.41 Å². The summed E-state index contributed by atoms with van der Waals surface area (Å²) in [6, 6.07) is 9.62. The number of amides is 1. The standard InChI is InChI=1S/C22H27N5O3/c1-26(2)15-18-12-22(20(29)30-18)8-10-27(11-9-22)19(28)16-13-23-21(24-14-16)25-17-6-4-3-5-7-17/h3-7,13-14,18H,8-12,15H2,1-2H3,(H,23,24,25). The lowest BCUT2D eigenvalue weighted by atomic mass is 9.76. The number of nitrogens with zero attached hydrogens (tertiary/aromatic N) is 4. The maximum absolute atomic E-state index is 12.9. The van der Waals surface area contributed by atoms with Gasteiger partial charge in [0.05, 0.1) is 11.0 Å². The van der Waals surface area contributed by atoms with Gasteiger partial charge in [-0.25, -0.2) is 9.97 Å². The number of ether oxygens (including phenoxy) is 1. The molecule has 0 radical (unpaired) electrons. The zero-order valence-electron chi connectivity index (χ0n) is 17.4. The lowest BCUT2D eigenvalue weighted by molar-refractivity contribution is -0.150. The Labute approximate surface area is 176 Å². The van der Waals surface area contributed by atoms with Crippen LogP contribution < -0.4 is 5.32 Å². The molecular formula is C22H27N5O3. The first kappa shape index (κ1) is 20.3. The molecule has 0 aliphatic carbocycles. The Morgan fingerprint density at radius 2 is 1.87 bits per heavy atom. The molecule has 2 aliphatic heterocycles. The molecule has 1 aromatic heterocycles. The monoisotopic (exact) mass is 409 g/mol. The van der Waals surface area contributed by atoms with Crippen molar-refractivity contribution in [3.8, 4) is 0 Å². The van der Waals surface area contributed by atoms with Crippen LogP contribution >= 0.6 is 0 Å². The number of rotatable bonds is 5. The van der Waals surface area contributed by atoms with Crippen molar-refractivity contribution in [2.45, 2.75) is 25.4 Å². The second-order valence-electron chi connectivity index (χ2n) is 8.35. The van der Waals surface area contributed by atoms with Crippen LogP contribution in [0.3, 0.4) is 0 Å². The van der Waals surface area contributed by atoms with E-state index in [-0.39, 0.29) is 18.0 Å². The predicted molar refractivity (Wildman–Crippen MR) is 112 cm³/mol. The minimum Gasteiger partial charge on any atom is -0.461 e. The molecule has 8 heteroatoms. The van der Waals surface area contributed by atoms with Gasteiger partial charge in [-0.15, -0.1) is 0 Å². The normalized spacial score (nSPS) is 20.4. The molecular weight excluding hydrogens is 382 g/mol. The number of hydrogen-bond acceptors (Lipinski definition) is 7. The summed E-state index contributed by atoms with van der Waals surface area (Å²) in [5.41, 5.74) is 0.884. The van der Waals surface area contributed by atoms with Gasteiger partial charge in [-0.1, -0.05) is 18.2 Å². The molecule has 1 atom stereocenters. The molecule has 1 unspecified atom stereocenters. The molecule has 0 bridgehead atoms. The third-order valence-corrected chi connectivity index (χ3v) is 5.83. The quantitative estimate of drug-likeness (QED) is 0.758. The van der Waals surface area contributed by atoms with Gasteiger partial charge in [0.2, 0.25) is 5.95 Å². The van der Waals surface area contributed by atoms with Crippen LogP contribution in [0.1, 0.15) is 29.6 Å². The van der Waals surface area contributed by atoms with Crippen LogP contribution in [0.5, 0.6) is 0 Å². The molecule has 1 spiro atoms. The molecule has 1 N–H and O–H groups in total. The maximum atomic E-state index is 12.9. The molecule has 30 heavy (non-hydrogen) atoms. The Balaban J connectivity index is 1.35. The zero-order valence-corrected chi connectivity index (χ0v) is 17.4. The molecule has 158 valence electrons. The SMILES string of the molecule is CN(C)CC1CC2(CCN(C(=O)c3cnc(Nc4ccccc4)nc3)CC2)C(=O)O1. The van der Waals surface area contributed by atoms with Gasteiger partial charge in [0.25, 0.3) is 5.91 Å². The first-order chi connectivity index (χ1) is 14.4. The van der Waals surface area contributed by atoms with Gasteiger partial charge < -0.3 is 19.9 Å². The van der Waals surface area contributed by atoms with Crippen molar-refractivity contribution in [3.63, 3.8) is 0 Å². The number of likely N-dealkylation sites (N-methyl/N-ethyl adjacent to an activating group) is 1. The van der Waals surface area contributed by atoms with E-state index in [1.54, 1.807) is 17.3 Å². The minimum absolute atomic E-state index is 0.0622. The molecule has 0 saturated carbocycles. The summed E-state index contributed by atoms with van der Waals surface area (Å²) >= 11 is 0. The van der Waals surface area contributed by atoms with Crippen molar-refractivity contribution >= 4 is 23.5 Å². The molecule has 3 heterocycles. The number of carbonyl (C=O) groups excluding carboxylic acids is 2. The third kappa shape index (κ3) is 4.28. The largest absolute Gasteiger partial charge is 0.461 e. The van der Waals surface area contributed by atoms with Gasteiger partial charge in [0.15, 0.2) is 0 Å². The van der Waals surface area contributed by atoms with Gasteiger partial charge in [-0.2, -0.15) is 0 Å².